The Hall–Kier alpha value is -0.770. The summed E-state index contributed by atoms with van der Waals surface area (Å²) in [5.74, 6) is 0. The number of amides is 1. The summed E-state index contributed by atoms with van der Waals surface area (Å²) in [5, 5.41) is 6.27. The number of carbonyl (C=O) groups is 1. The van der Waals surface area contributed by atoms with Gasteiger partial charge in [0.25, 0.3) is 0 Å². The van der Waals surface area contributed by atoms with Crippen LogP contribution in [0, 0.1) is 0 Å². The average molecular weight is 212 g/mol. The third kappa shape index (κ3) is 2.09. The predicted molar refractivity (Wildman–Crippen MR) is 57.8 cm³/mol. The SMILES string of the molecule is CCCCC1NC(=O)OC12CCNCC2. The Morgan fingerprint density at radius 3 is 2.87 bits per heavy atom. The Morgan fingerprint density at radius 1 is 1.47 bits per heavy atom. The smallest absolute Gasteiger partial charge is 0.408 e. The molecular weight excluding hydrogens is 192 g/mol. The third-order valence-corrected chi connectivity index (χ3v) is 3.52. The molecule has 15 heavy (non-hydrogen) atoms. The number of piperidine rings is 1. The molecule has 1 spiro atoms. The first-order chi connectivity index (χ1) is 7.27. The van der Waals surface area contributed by atoms with E-state index in [0.29, 0.717) is 0 Å². The van der Waals surface area contributed by atoms with Crippen LogP contribution in [0.3, 0.4) is 0 Å². The van der Waals surface area contributed by atoms with Crippen molar-refractivity contribution in [3.63, 3.8) is 0 Å². The van der Waals surface area contributed by atoms with Gasteiger partial charge in [-0.05, 0) is 19.5 Å². The molecule has 1 unspecified atom stereocenters. The lowest BCUT2D eigenvalue weighted by molar-refractivity contribution is 0.00816. The molecule has 4 heteroatoms. The van der Waals surface area contributed by atoms with Crippen molar-refractivity contribution in [1.29, 1.82) is 0 Å². The molecule has 0 aromatic carbocycles. The first-order valence-corrected chi connectivity index (χ1v) is 5.97. The topological polar surface area (TPSA) is 50.4 Å². The van der Waals surface area contributed by atoms with Crippen molar-refractivity contribution >= 4 is 6.09 Å². The number of alkyl carbamates (subject to hydrolysis) is 1. The Balaban J connectivity index is 2.02. The highest BCUT2D eigenvalue weighted by atomic mass is 16.6. The summed E-state index contributed by atoms with van der Waals surface area (Å²) in [5.41, 5.74) is -0.211. The van der Waals surface area contributed by atoms with Crippen LogP contribution in [0.1, 0.15) is 39.0 Å². The van der Waals surface area contributed by atoms with Gasteiger partial charge in [0.1, 0.15) is 5.60 Å². The molecule has 2 aliphatic rings. The van der Waals surface area contributed by atoms with Gasteiger partial charge in [0.15, 0.2) is 0 Å². The number of unbranched alkanes of at least 4 members (excludes halogenated alkanes) is 1. The van der Waals surface area contributed by atoms with Crippen LogP contribution in [0.15, 0.2) is 0 Å². The van der Waals surface area contributed by atoms with Crippen molar-refractivity contribution < 1.29 is 9.53 Å². The van der Waals surface area contributed by atoms with Crippen LogP contribution in [0.4, 0.5) is 4.79 Å². The van der Waals surface area contributed by atoms with Gasteiger partial charge in [-0.3, -0.25) is 0 Å². The lowest BCUT2D eigenvalue weighted by Gasteiger charge is -2.36. The van der Waals surface area contributed by atoms with Gasteiger partial charge >= 0.3 is 6.09 Å². The lowest BCUT2D eigenvalue weighted by atomic mass is 9.83. The van der Waals surface area contributed by atoms with E-state index >= 15 is 0 Å². The van der Waals surface area contributed by atoms with Crippen LogP contribution >= 0.6 is 0 Å². The summed E-state index contributed by atoms with van der Waals surface area (Å²) in [6, 6.07) is 0.229. The fourth-order valence-electron chi connectivity index (χ4n) is 2.60. The van der Waals surface area contributed by atoms with E-state index in [9.17, 15) is 4.79 Å². The molecule has 2 aliphatic heterocycles. The molecule has 2 rings (SSSR count). The van der Waals surface area contributed by atoms with Crippen LogP contribution in [0.5, 0.6) is 0 Å². The van der Waals surface area contributed by atoms with E-state index in [1.54, 1.807) is 0 Å². The van der Waals surface area contributed by atoms with Crippen LogP contribution in [-0.4, -0.2) is 30.8 Å². The van der Waals surface area contributed by atoms with Crippen molar-refractivity contribution in [2.45, 2.75) is 50.7 Å². The first kappa shape index (κ1) is 10.7. The monoisotopic (exact) mass is 212 g/mol. The van der Waals surface area contributed by atoms with Gasteiger partial charge in [0.2, 0.25) is 0 Å². The second-order valence-electron chi connectivity index (χ2n) is 4.54. The van der Waals surface area contributed by atoms with Gasteiger partial charge in [-0.25, -0.2) is 4.79 Å². The Kier molecular flexibility index (Phi) is 3.14. The molecule has 2 N–H and O–H groups in total. The van der Waals surface area contributed by atoms with Gasteiger partial charge in [-0.1, -0.05) is 19.8 Å². The zero-order chi connectivity index (χ0) is 10.7. The maximum absolute atomic E-state index is 11.3. The van der Waals surface area contributed by atoms with Gasteiger partial charge in [0, 0.05) is 12.8 Å². The van der Waals surface area contributed by atoms with E-state index in [1.807, 2.05) is 0 Å². The molecule has 1 atom stereocenters. The zero-order valence-electron chi connectivity index (χ0n) is 9.34. The minimum absolute atomic E-state index is 0.211. The molecule has 0 aromatic heterocycles. The van der Waals surface area contributed by atoms with Gasteiger partial charge in [0.05, 0.1) is 6.04 Å². The summed E-state index contributed by atoms with van der Waals surface area (Å²) in [4.78, 5) is 11.3. The van der Waals surface area contributed by atoms with Crippen molar-refractivity contribution in [3.8, 4) is 0 Å². The highest BCUT2D eigenvalue weighted by Crippen LogP contribution is 2.33. The zero-order valence-corrected chi connectivity index (χ0v) is 9.34. The van der Waals surface area contributed by atoms with Crippen LogP contribution < -0.4 is 10.6 Å². The largest absolute Gasteiger partial charge is 0.441 e. The fourth-order valence-corrected chi connectivity index (χ4v) is 2.60. The minimum atomic E-state index is -0.224. The summed E-state index contributed by atoms with van der Waals surface area (Å²) < 4.78 is 5.51. The van der Waals surface area contributed by atoms with Crippen LogP contribution in [0.2, 0.25) is 0 Å². The van der Waals surface area contributed by atoms with Crippen molar-refractivity contribution in [2.24, 2.45) is 0 Å². The van der Waals surface area contributed by atoms with E-state index in [4.69, 9.17) is 4.74 Å². The Morgan fingerprint density at radius 2 is 2.20 bits per heavy atom. The highest BCUT2D eigenvalue weighted by Gasteiger charge is 2.48. The summed E-state index contributed by atoms with van der Waals surface area (Å²) in [6.07, 6.45) is 5.03. The molecular formula is C11H20N2O2. The normalized spacial score (nSPS) is 28.9. The molecule has 2 saturated heterocycles. The van der Waals surface area contributed by atoms with E-state index in [2.05, 4.69) is 17.6 Å². The number of carbonyl (C=O) groups excluding carboxylic acids is 1. The molecule has 0 aromatic rings. The molecule has 0 bridgehead atoms. The number of hydrogen-bond donors (Lipinski definition) is 2. The second kappa shape index (κ2) is 4.39. The van der Waals surface area contributed by atoms with Crippen molar-refractivity contribution in [1.82, 2.24) is 10.6 Å². The summed E-state index contributed by atoms with van der Waals surface area (Å²) in [7, 11) is 0. The molecule has 0 radical (unpaired) electrons. The Bertz CT molecular complexity index is 237. The average Bonchev–Trinajstić information content (AvgIpc) is 2.53. The molecule has 4 nitrogen and oxygen atoms in total. The third-order valence-electron chi connectivity index (χ3n) is 3.52. The Labute approximate surface area is 90.8 Å². The van der Waals surface area contributed by atoms with E-state index in [1.165, 1.54) is 6.42 Å². The fraction of sp³-hybridized carbons (Fsp3) is 0.909. The maximum atomic E-state index is 11.3. The quantitative estimate of drug-likeness (QED) is 0.743. The number of rotatable bonds is 3. The standard InChI is InChI=1S/C11H20N2O2/c1-2-3-4-9-11(15-10(14)13-9)5-7-12-8-6-11/h9,12H,2-8H2,1H3,(H,13,14). The minimum Gasteiger partial charge on any atom is -0.441 e. The van der Waals surface area contributed by atoms with E-state index in [-0.39, 0.29) is 17.7 Å². The van der Waals surface area contributed by atoms with Crippen molar-refractivity contribution in [2.75, 3.05) is 13.1 Å². The predicted octanol–water partition coefficient (Wildman–Crippen LogP) is 1.41. The van der Waals surface area contributed by atoms with Gasteiger partial charge < -0.3 is 15.4 Å². The van der Waals surface area contributed by atoms with E-state index < -0.39 is 0 Å². The molecule has 86 valence electrons. The molecule has 0 saturated carbocycles. The van der Waals surface area contributed by atoms with Gasteiger partial charge in [-0.2, -0.15) is 0 Å². The first-order valence-electron chi connectivity index (χ1n) is 5.97. The highest BCUT2D eigenvalue weighted by molar-refractivity contribution is 5.71. The van der Waals surface area contributed by atoms with Crippen LogP contribution in [-0.2, 0) is 4.74 Å². The molecule has 2 fully saturated rings. The van der Waals surface area contributed by atoms with E-state index in [0.717, 1.165) is 38.8 Å². The van der Waals surface area contributed by atoms with Crippen molar-refractivity contribution in [3.05, 3.63) is 0 Å². The summed E-state index contributed by atoms with van der Waals surface area (Å²) >= 11 is 0. The molecule has 1 amide bonds. The van der Waals surface area contributed by atoms with Gasteiger partial charge in [-0.15, -0.1) is 0 Å². The second-order valence-corrected chi connectivity index (χ2v) is 4.54. The number of nitrogens with one attached hydrogen (secondary N) is 2. The van der Waals surface area contributed by atoms with Crippen LogP contribution in [0.25, 0.3) is 0 Å². The number of hydrogen-bond acceptors (Lipinski definition) is 3. The maximum Gasteiger partial charge on any atom is 0.408 e. The molecule has 2 heterocycles. The molecule has 0 aliphatic carbocycles. The number of ether oxygens (including phenoxy) is 1. The summed E-state index contributed by atoms with van der Waals surface area (Å²) in [6.45, 7) is 4.09. The lowest BCUT2D eigenvalue weighted by Crippen LogP contribution is -2.50.